The number of ether oxygens (including phenoxy) is 3. The molecule has 8 heteroatoms. The molecule has 140 valence electrons. The molecule has 1 aliphatic rings. The summed E-state index contributed by atoms with van der Waals surface area (Å²) in [5, 5.41) is 9.48. The number of nitrogens with two attached hydrogens (primary N) is 1. The highest BCUT2D eigenvalue weighted by atomic mass is 16.6. The van der Waals surface area contributed by atoms with Gasteiger partial charge in [-0.1, -0.05) is 12.6 Å². The summed E-state index contributed by atoms with van der Waals surface area (Å²) in [6.07, 6.45) is 3.11. The van der Waals surface area contributed by atoms with Crippen molar-refractivity contribution in [1.29, 1.82) is 5.26 Å². The normalized spacial score (nSPS) is 16.3. The van der Waals surface area contributed by atoms with Gasteiger partial charge in [-0.3, -0.25) is 4.98 Å². The smallest absolute Gasteiger partial charge is 0.338 e. The van der Waals surface area contributed by atoms with Gasteiger partial charge in [0.05, 0.1) is 11.5 Å². The predicted molar refractivity (Wildman–Crippen MR) is 94.3 cm³/mol. The molecule has 2 heterocycles. The number of allylic oxidation sites excluding steroid dienone is 2. The number of hydrogen-bond acceptors (Lipinski definition) is 8. The first kappa shape index (κ1) is 19.7. The van der Waals surface area contributed by atoms with Crippen LogP contribution in [-0.2, 0) is 23.8 Å². The Kier molecular flexibility index (Phi) is 6.33. The molecule has 1 atom stereocenters. The van der Waals surface area contributed by atoms with Crippen LogP contribution in [0.2, 0.25) is 0 Å². The summed E-state index contributed by atoms with van der Waals surface area (Å²) in [5.41, 5.74) is 6.89. The number of nitriles is 1. The van der Waals surface area contributed by atoms with Gasteiger partial charge in [-0.05, 0) is 25.5 Å². The van der Waals surface area contributed by atoms with Gasteiger partial charge < -0.3 is 19.9 Å². The van der Waals surface area contributed by atoms with Gasteiger partial charge in [0.15, 0.2) is 0 Å². The Balaban J connectivity index is 2.20. The lowest BCUT2D eigenvalue weighted by molar-refractivity contribution is -0.147. The van der Waals surface area contributed by atoms with E-state index in [0.717, 1.165) is 0 Å². The third-order valence-corrected chi connectivity index (χ3v) is 3.74. The molecule has 8 nitrogen and oxygen atoms in total. The van der Waals surface area contributed by atoms with Gasteiger partial charge in [0.1, 0.15) is 30.6 Å². The number of hydrogen-bond donors (Lipinski definition) is 1. The lowest BCUT2D eigenvalue weighted by Crippen LogP contribution is -2.26. The topological polar surface area (TPSA) is 125 Å². The van der Waals surface area contributed by atoms with E-state index < -0.39 is 17.9 Å². The highest BCUT2D eigenvalue weighted by Crippen LogP contribution is 2.39. The molecule has 0 bridgehead atoms. The first-order valence-electron chi connectivity index (χ1n) is 8.04. The van der Waals surface area contributed by atoms with Crippen molar-refractivity contribution in [3.05, 3.63) is 65.0 Å². The fraction of sp³-hybridized carbons (Fsp3) is 0.263. The number of carbonyl (C=O) groups excluding carboxylic acids is 2. The molecule has 0 fully saturated rings. The first-order valence-corrected chi connectivity index (χ1v) is 8.04. The van der Waals surface area contributed by atoms with Crippen LogP contribution in [0.1, 0.15) is 25.3 Å². The maximum atomic E-state index is 12.6. The highest BCUT2D eigenvalue weighted by Gasteiger charge is 2.36. The summed E-state index contributed by atoms with van der Waals surface area (Å²) in [4.78, 5) is 28.0. The molecule has 0 aromatic carbocycles. The summed E-state index contributed by atoms with van der Waals surface area (Å²) >= 11 is 0. The minimum Gasteiger partial charge on any atom is -0.459 e. The molecule has 0 unspecified atom stereocenters. The quantitative estimate of drug-likeness (QED) is 0.457. The fourth-order valence-corrected chi connectivity index (χ4v) is 2.50. The van der Waals surface area contributed by atoms with Gasteiger partial charge in [0.25, 0.3) is 0 Å². The van der Waals surface area contributed by atoms with E-state index in [1.807, 2.05) is 6.07 Å². The van der Waals surface area contributed by atoms with Gasteiger partial charge in [-0.25, -0.2) is 9.59 Å². The molecule has 0 saturated heterocycles. The van der Waals surface area contributed by atoms with Crippen LogP contribution >= 0.6 is 0 Å². The maximum absolute atomic E-state index is 12.6. The first-order chi connectivity index (χ1) is 12.9. The molecule has 1 aromatic heterocycles. The monoisotopic (exact) mass is 369 g/mol. The van der Waals surface area contributed by atoms with E-state index in [0.29, 0.717) is 5.56 Å². The number of nitrogens with zero attached hydrogens (tertiary/aromatic N) is 2. The zero-order valence-electron chi connectivity index (χ0n) is 15.0. The van der Waals surface area contributed by atoms with Crippen LogP contribution in [-0.4, -0.2) is 30.1 Å². The standard InChI is InChI=1S/C19H19N3O5/c1-11(2)18(23)25-7-8-26-19(24)15-12(3)27-17(21)14(9-20)16(15)13-5-4-6-22-10-13/h4-6,10,16H,1,7-8,21H2,2-3H3/t16-/m1/s1. The highest BCUT2D eigenvalue weighted by molar-refractivity contribution is 5.92. The van der Waals surface area contributed by atoms with Crippen molar-refractivity contribution in [1.82, 2.24) is 4.98 Å². The van der Waals surface area contributed by atoms with Gasteiger partial charge >= 0.3 is 11.9 Å². The second-order valence-electron chi connectivity index (χ2n) is 5.73. The number of pyridine rings is 1. The number of aromatic nitrogens is 1. The van der Waals surface area contributed by atoms with Crippen molar-refractivity contribution in [2.24, 2.45) is 5.73 Å². The lowest BCUT2D eigenvalue weighted by Gasteiger charge is -2.26. The van der Waals surface area contributed by atoms with Crippen LogP contribution in [0, 0.1) is 11.3 Å². The van der Waals surface area contributed by atoms with Gasteiger partial charge in [-0.15, -0.1) is 0 Å². The third-order valence-electron chi connectivity index (χ3n) is 3.74. The summed E-state index contributed by atoms with van der Waals surface area (Å²) < 4.78 is 15.4. The Morgan fingerprint density at radius 1 is 1.41 bits per heavy atom. The molecular formula is C19H19N3O5. The lowest BCUT2D eigenvalue weighted by atomic mass is 9.84. The van der Waals surface area contributed by atoms with Crippen LogP contribution in [0.5, 0.6) is 0 Å². The van der Waals surface area contributed by atoms with Gasteiger partial charge in [0.2, 0.25) is 5.88 Å². The molecule has 0 radical (unpaired) electrons. The predicted octanol–water partition coefficient (Wildman–Crippen LogP) is 1.83. The Morgan fingerprint density at radius 3 is 2.70 bits per heavy atom. The van der Waals surface area contributed by atoms with E-state index in [4.69, 9.17) is 19.9 Å². The van der Waals surface area contributed by atoms with Crippen molar-refractivity contribution in [3.63, 3.8) is 0 Å². The third kappa shape index (κ3) is 4.52. The summed E-state index contributed by atoms with van der Waals surface area (Å²) in [7, 11) is 0. The van der Waals surface area contributed by atoms with Gasteiger partial charge in [0, 0.05) is 18.0 Å². The molecule has 0 saturated carbocycles. The van der Waals surface area contributed by atoms with Crippen LogP contribution in [0.25, 0.3) is 0 Å². The van der Waals surface area contributed by atoms with E-state index in [9.17, 15) is 14.9 Å². The Labute approximate surface area is 156 Å². The van der Waals surface area contributed by atoms with Crippen LogP contribution < -0.4 is 5.73 Å². The van der Waals surface area contributed by atoms with Crippen molar-refractivity contribution < 1.29 is 23.8 Å². The minimum atomic E-state index is -0.761. The molecule has 0 spiro atoms. The largest absolute Gasteiger partial charge is 0.459 e. The molecule has 0 aliphatic carbocycles. The van der Waals surface area contributed by atoms with E-state index in [1.165, 1.54) is 13.1 Å². The Hall–Kier alpha value is -3.60. The van der Waals surface area contributed by atoms with Crippen LogP contribution in [0.3, 0.4) is 0 Å². The van der Waals surface area contributed by atoms with Crippen molar-refractivity contribution >= 4 is 11.9 Å². The van der Waals surface area contributed by atoms with E-state index in [1.54, 1.807) is 25.3 Å². The second-order valence-corrected chi connectivity index (χ2v) is 5.73. The molecule has 1 aliphatic heterocycles. The van der Waals surface area contributed by atoms with Crippen molar-refractivity contribution in [3.8, 4) is 6.07 Å². The number of carbonyl (C=O) groups is 2. The molecule has 1 aromatic rings. The summed E-state index contributed by atoms with van der Waals surface area (Å²) in [5.74, 6) is -1.88. The Bertz CT molecular complexity index is 865. The maximum Gasteiger partial charge on any atom is 0.338 e. The fourth-order valence-electron chi connectivity index (χ4n) is 2.50. The Morgan fingerprint density at radius 2 is 2.11 bits per heavy atom. The van der Waals surface area contributed by atoms with Crippen molar-refractivity contribution in [2.45, 2.75) is 19.8 Å². The van der Waals surface area contributed by atoms with Crippen LogP contribution in [0.15, 0.2) is 59.5 Å². The second kappa shape index (κ2) is 8.67. The zero-order chi connectivity index (χ0) is 20.0. The molecule has 2 N–H and O–H groups in total. The molecule has 2 rings (SSSR count). The SMILES string of the molecule is C=C(C)C(=O)OCCOC(=O)C1=C(C)OC(N)=C(C#N)[C@H]1c1cccnc1. The summed E-state index contributed by atoms with van der Waals surface area (Å²) in [6.45, 7) is 6.26. The average molecular weight is 369 g/mol. The van der Waals surface area contributed by atoms with E-state index >= 15 is 0 Å². The van der Waals surface area contributed by atoms with Crippen LogP contribution in [0.4, 0.5) is 0 Å². The minimum absolute atomic E-state index is 0.0733. The molecular weight excluding hydrogens is 350 g/mol. The van der Waals surface area contributed by atoms with Gasteiger partial charge in [-0.2, -0.15) is 5.26 Å². The summed E-state index contributed by atoms with van der Waals surface area (Å²) in [6, 6.07) is 5.39. The average Bonchev–Trinajstić information content (AvgIpc) is 2.64. The van der Waals surface area contributed by atoms with Crippen molar-refractivity contribution in [2.75, 3.05) is 13.2 Å². The number of esters is 2. The molecule has 27 heavy (non-hydrogen) atoms. The number of rotatable bonds is 6. The van der Waals surface area contributed by atoms with E-state index in [-0.39, 0.29) is 41.6 Å². The zero-order valence-corrected chi connectivity index (χ0v) is 15.0. The molecule has 0 amide bonds. The van der Waals surface area contributed by atoms with E-state index in [2.05, 4.69) is 11.6 Å².